The van der Waals surface area contributed by atoms with E-state index in [0.717, 1.165) is 18.2 Å². The lowest BCUT2D eigenvalue weighted by Gasteiger charge is -2.27. The van der Waals surface area contributed by atoms with Gasteiger partial charge in [-0.15, -0.1) is 0 Å². The second kappa shape index (κ2) is 5.08. The number of aromatic nitrogens is 2. The third-order valence-corrected chi connectivity index (χ3v) is 3.86. The van der Waals surface area contributed by atoms with Crippen molar-refractivity contribution in [1.82, 2.24) is 9.55 Å². The van der Waals surface area contributed by atoms with E-state index < -0.39 is 0 Å². The summed E-state index contributed by atoms with van der Waals surface area (Å²) in [5.41, 5.74) is 4.04. The van der Waals surface area contributed by atoms with E-state index >= 15 is 0 Å². The summed E-state index contributed by atoms with van der Waals surface area (Å²) in [6.45, 7) is 5.08. The molecule has 1 aliphatic carbocycles. The van der Waals surface area contributed by atoms with Gasteiger partial charge in [0.05, 0.1) is 11.7 Å². The third-order valence-electron chi connectivity index (χ3n) is 3.86. The normalized spacial score (nSPS) is 18.1. The van der Waals surface area contributed by atoms with Crippen molar-refractivity contribution < 1.29 is 0 Å². The van der Waals surface area contributed by atoms with Gasteiger partial charge in [0.25, 0.3) is 0 Å². The van der Waals surface area contributed by atoms with Gasteiger partial charge in [0, 0.05) is 12.7 Å². The number of nitrogens with zero attached hydrogens (tertiary/aromatic N) is 2. The van der Waals surface area contributed by atoms with Crippen molar-refractivity contribution in [1.29, 1.82) is 0 Å². The number of imidazole rings is 1. The van der Waals surface area contributed by atoms with Gasteiger partial charge >= 0.3 is 0 Å². The van der Waals surface area contributed by atoms with Crippen molar-refractivity contribution in [3.8, 4) is 0 Å². The lowest BCUT2D eigenvalue weighted by Crippen LogP contribution is -2.18. The third kappa shape index (κ3) is 2.25. The Hall–Kier alpha value is -1.77. The Morgan fingerprint density at radius 1 is 1.37 bits per heavy atom. The van der Waals surface area contributed by atoms with E-state index in [-0.39, 0.29) is 0 Å². The second-order valence-electron chi connectivity index (χ2n) is 5.25. The van der Waals surface area contributed by atoms with Crippen LogP contribution in [-0.4, -0.2) is 16.1 Å². The van der Waals surface area contributed by atoms with Crippen LogP contribution in [0.15, 0.2) is 30.5 Å². The van der Waals surface area contributed by atoms with Crippen LogP contribution < -0.4 is 5.32 Å². The van der Waals surface area contributed by atoms with Crippen molar-refractivity contribution in [2.45, 2.75) is 39.2 Å². The zero-order valence-electron chi connectivity index (χ0n) is 11.7. The van der Waals surface area contributed by atoms with Crippen LogP contribution in [0.25, 0.3) is 0 Å². The molecule has 3 rings (SSSR count). The highest BCUT2D eigenvalue weighted by molar-refractivity contribution is 5.37. The molecule has 2 aromatic rings. The Labute approximate surface area is 114 Å². The SMILES string of the molecule is CCNc1nc(C)cn1C1CCCc2ccccc21. The number of rotatable bonds is 3. The molecular weight excluding hydrogens is 234 g/mol. The van der Waals surface area contributed by atoms with Crippen LogP contribution in [0.2, 0.25) is 0 Å². The molecule has 1 aliphatic rings. The minimum absolute atomic E-state index is 0.431. The summed E-state index contributed by atoms with van der Waals surface area (Å²) in [7, 11) is 0. The maximum Gasteiger partial charge on any atom is 0.203 e. The van der Waals surface area contributed by atoms with Gasteiger partial charge in [0.1, 0.15) is 0 Å². The fraction of sp³-hybridized carbons (Fsp3) is 0.438. The average Bonchev–Trinajstić information content (AvgIpc) is 2.79. The molecule has 0 aliphatic heterocycles. The van der Waals surface area contributed by atoms with Crippen LogP contribution in [0.5, 0.6) is 0 Å². The molecule has 1 N–H and O–H groups in total. The molecule has 0 spiro atoms. The van der Waals surface area contributed by atoms with E-state index in [0.29, 0.717) is 6.04 Å². The van der Waals surface area contributed by atoms with Crippen LogP contribution in [0.1, 0.15) is 42.6 Å². The molecule has 1 aromatic heterocycles. The largest absolute Gasteiger partial charge is 0.356 e. The molecule has 100 valence electrons. The Morgan fingerprint density at radius 3 is 3.05 bits per heavy atom. The average molecular weight is 255 g/mol. The number of nitrogens with one attached hydrogen (secondary N) is 1. The van der Waals surface area contributed by atoms with Gasteiger partial charge in [-0.1, -0.05) is 24.3 Å². The summed E-state index contributed by atoms with van der Waals surface area (Å²) in [4.78, 5) is 4.60. The first kappa shape index (κ1) is 12.3. The quantitative estimate of drug-likeness (QED) is 0.909. The smallest absolute Gasteiger partial charge is 0.203 e. The van der Waals surface area contributed by atoms with Crippen molar-refractivity contribution in [3.63, 3.8) is 0 Å². The van der Waals surface area contributed by atoms with Crippen LogP contribution >= 0.6 is 0 Å². The van der Waals surface area contributed by atoms with Gasteiger partial charge in [-0.05, 0) is 44.2 Å². The van der Waals surface area contributed by atoms with Crippen molar-refractivity contribution in [2.24, 2.45) is 0 Å². The number of benzene rings is 1. The standard InChI is InChI=1S/C16H21N3/c1-3-17-16-18-12(2)11-19(16)15-10-6-8-13-7-4-5-9-14(13)15/h4-5,7,9,11,15H,3,6,8,10H2,1-2H3,(H,17,18). The van der Waals surface area contributed by atoms with E-state index in [1.54, 1.807) is 0 Å². The highest BCUT2D eigenvalue weighted by Crippen LogP contribution is 2.34. The molecular formula is C16H21N3. The predicted octanol–water partition coefficient (Wildman–Crippen LogP) is 3.55. The summed E-state index contributed by atoms with van der Waals surface area (Å²) in [6, 6.07) is 9.25. The van der Waals surface area contributed by atoms with Gasteiger partial charge in [-0.3, -0.25) is 0 Å². The molecule has 0 saturated heterocycles. The highest BCUT2D eigenvalue weighted by atomic mass is 15.2. The van der Waals surface area contributed by atoms with Gasteiger partial charge in [0.2, 0.25) is 5.95 Å². The molecule has 3 heteroatoms. The number of aryl methyl sites for hydroxylation is 2. The van der Waals surface area contributed by atoms with E-state index in [2.05, 4.69) is 59.2 Å². The molecule has 1 atom stereocenters. The minimum Gasteiger partial charge on any atom is -0.356 e. The number of hydrogen-bond acceptors (Lipinski definition) is 2. The van der Waals surface area contributed by atoms with Gasteiger partial charge in [0.15, 0.2) is 0 Å². The summed E-state index contributed by atoms with van der Waals surface area (Å²) in [5.74, 6) is 1.00. The van der Waals surface area contributed by atoms with Crippen molar-refractivity contribution in [3.05, 3.63) is 47.3 Å². The Morgan fingerprint density at radius 2 is 2.21 bits per heavy atom. The van der Waals surface area contributed by atoms with Crippen LogP contribution in [0.4, 0.5) is 5.95 Å². The summed E-state index contributed by atoms with van der Waals surface area (Å²) >= 11 is 0. The highest BCUT2D eigenvalue weighted by Gasteiger charge is 2.23. The van der Waals surface area contributed by atoms with Gasteiger partial charge in [-0.2, -0.15) is 0 Å². The monoisotopic (exact) mass is 255 g/mol. The predicted molar refractivity (Wildman–Crippen MR) is 78.6 cm³/mol. The first-order valence-corrected chi connectivity index (χ1v) is 7.16. The van der Waals surface area contributed by atoms with Gasteiger partial charge in [-0.25, -0.2) is 4.98 Å². The first-order chi connectivity index (χ1) is 9.29. The number of fused-ring (bicyclic) bond motifs is 1. The van der Waals surface area contributed by atoms with Gasteiger partial charge < -0.3 is 9.88 Å². The van der Waals surface area contributed by atoms with Crippen LogP contribution in [0.3, 0.4) is 0 Å². The zero-order chi connectivity index (χ0) is 13.2. The van der Waals surface area contributed by atoms with E-state index in [1.165, 1.54) is 30.4 Å². The molecule has 0 saturated carbocycles. The number of hydrogen-bond donors (Lipinski definition) is 1. The molecule has 3 nitrogen and oxygen atoms in total. The van der Waals surface area contributed by atoms with E-state index in [4.69, 9.17) is 0 Å². The molecule has 0 radical (unpaired) electrons. The molecule has 1 heterocycles. The summed E-state index contributed by atoms with van der Waals surface area (Å²) in [5, 5.41) is 3.38. The Bertz CT molecular complexity index is 571. The maximum absolute atomic E-state index is 4.60. The first-order valence-electron chi connectivity index (χ1n) is 7.16. The van der Waals surface area contributed by atoms with Crippen LogP contribution in [0, 0.1) is 6.92 Å². The van der Waals surface area contributed by atoms with Crippen molar-refractivity contribution >= 4 is 5.95 Å². The van der Waals surface area contributed by atoms with Crippen LogP contribution in [-0.2, 0) is 6.42 Å². The Balaban J connectivity index is 2.03. The summed E-state index contributed by atoms with van der Waals surface area (Å²) < 4.78 is 2.32. The molecule has 1 unspecified atom stereocenters. The second-order valence-corrected chi connectivity index (χ2v) is 5.25. The summed E-state index contributed by atoms with van der Waals surface area (Å²) in [6.07, 6.45) is 5.83. The minimum atomic E-state index is 0.431. The lowest BCUT2D eigenvalue weighted by atomic mass is 9.87. The van der Waals surface area contributed by atoms with E-state index in [1.807, 2.05) is 0 Å². The molecule has 0 bridgehead atoms. The maximum atomic E-state index is 4.60. The topological polar surface area (TPSA) is 29.9 Å². The van der Waals surface area contributed by atoms with Crippen molar-refractivity contribution in [2.75, 3.05) is 11.9 Å². The fourth-order valence-corrected chi connectivity index (χ4v) is 3.06. The molecule has 0 amide bonds. The molecule has 1 aromatic carbocycles. The molecule has 19 heavy (non-hydrogen) atoms. The molecule has 0 fully saturated rings. The lowest BCUT2D eigenvalue weighted by molar-refractivity contribution is 0.493. The number of anilines is 1. The zero-order valence-corrected chi connectivity index (χ0v) is 11.7. The fourth-order valence-electron chi connectivity index (χ4n) is 3.06. The Kier molecular flexibility index (Phi) is 3.28. The van der Waals surface area contributed by atoms with E-state index in [9.17, 15) is 0 Å².